The first-order valence-electron chi connectivity index (χ1n) is 18.7. The quantitative estimate of drug-likeness (QED) is 0.165. The van der Waals surface area contributed by atoms with Crippen LogP contribution in [-0.4, -0.2) is 16.2 Å². The Morgan fingerprint density at radius 1 is 0.500 bits per heavy atom. The zero-order chi connectivity index (χ0) is 37.0. The molecule has 0 fully saturated rings. The second-order valence-electron chi connectivity index (χ2n) is 15.8. The maximum absolute atomic E-state index is 6.67. The van der Waals surface area contributed by atoms with E-state index in [0.717, 1.165) is 34.0 Å². The minimum atomic E-state index is -0.133. The van der Waals surface area contributed by atoms with Gasteiger partial charge in [0.25, 0.3) is 0 Å². The third-order valence-electron chi connectivity index (χ3n) is 11.0. The molecule has 6 aromatic carbocycles. The summed E-state index contributed by atoms with van der Waals surface area (Å²) in [4.78, 5) is 9.63. The number of pyridine rings is 1. The van der Waals surface area contributed by atoms with Gasteiger partial charge in [-0.2, -0.15) is 0 Å². The lowest BCUT2D eigenvalue weighted by molar-refractivity contribution is 0.483. The lowest BCUT2D eigenvalue weighted by Gasteiger charge is -2.28. The van der Waals surface area contributed by atoms with Crippen molar-refractivity contribution in [3.63, 3.8) is 0 Å². The van der Waals surface area contributed by atoms with E-state index in [9.17, 15) is 0 Å². The second kappa shape index (κ2) is 13.0. The fraction of sp³-hybridized carbons (Fsp3) is 0.163. The molecule has 0 atom stereocenters. The summed E-state index contributed by atoms with van der Waals surface area (Å²) in [6.45, 7) is 12.0. The summed E-state index contributed by atoms with van der Waals surface area (Å²) in [5.41, 5.74) is 10.5. The minimum absolute atomic E-state index is 0.00590. The highest BCUT2D eigenvalue weighted by molar-refractivity contribution is 6.09. The lowest BCUT2D eigenvalue weighted by Crippen LogP contribution is -2.25. The average molecular weight is 705 g/mol. The standard InChI is InChI=1S/C49H44N4O/c1-48(2,3)35-27-28-50-47(30-35)53-43-22-10-9-21-41(43)42-26-25-40(32-46(42)53)54-39-20-14-19-38(31-39)52-33-51(44-23-11-12-24-45(44)52)37-18-13-17-36(29-37)49(4,5)34-15-7-6-8-16-34/h6-32H,33H2,1-5H3. The van der Waals surface area contributed by atoms with Crippen LogP contribution in [-0.2, 0) is 10.8 Å². The van der Waals surface area contributed by atoms with E-state index in [1.165, 1.54) is 44.5 Å². The van der Waals surface area contributed by atoms with Crippen molar-refractivity contribution in [3.8, 4) is 17.3 Å². The van der Waals surface area contributed by atoms with Gasteiger partial charge in [-0.05, 0) is 88.8 Å². The molecule has 0 saturated heterocycles. The maximum Gasteiger partial charge on any atom is 0.137 e. The molecule has 0 radical (unpaired) electrons. The molecule has 1 aliphatic heterocycles. The fourth-order valence-electron chi connectivity index (χ4n) is 7.86. The number of rotatable bonds is 7. The van der Waals surface area contributed by atoms with Gasteiger partial charge in [0.15, 0.2) is 0 Å². The summed E-state index contributed by atoms with van der Waals surface area (Å²) in [7, 11) is 0. The molecule has 0 saturated carbocycles. The fourth-order valence-corrected chi connectivity index (χ4v) is 7.86. The summed E-state index contributed by atoms with van der Waals surface area (Å²) in [6.07, 6.45) is 1.92. The highest BCUT2D eigenvalue weighted by atomic mass is 16.5. The number of benzene rings is 6. The summed E-state index contributed by atoms with van der Waals surface area (Å²) < 4.78 is 8.93. The number of ether oxygens (including phenoxy) is 1. The van der Waals surface area contributed by atoms with Crippen molar-refractivity contribution in [2.75, 3.05) is 16.5 Å². The molecule has 3 heterocycles. The maximum atomic E-state index is 6.67. The van der Waals surface area contributed by atoms with Crippen LogP contribution in [0.5, 0.6) is 11.5 Å². The molecule has 0 N–H and O–H groups in total. The Kier molecular flexibility index (Phi) is 8.04. The Hall–Kier alpha value is -6.33. The van der Waals surface area contributed by atoms with Gasteiger partial charge in [0.2, 0.25) is 0 Å². The molecule has 0 unspecified atom stereocenters. The van der Waals surface area contributed by atoms with Crippen molar-refractivity contribution in [1.29, 1.82) is 0 Å². The number of anilines is 4. The van der Waals surface area contributed by atoms with Gasteiger partial charge in [0.05, 0.1) is 22.4 Å². The molecule has 5 nitrogen and oxygen atoms in total. The normalized spacial score (nSPS) is 13.1. The molecule has 5 heteroatoms. The zero-order valence-corrected chi connectivity index (χ0v) is 31.5. The van der Waals surface area contributed by atoms with Gasteiger partial charge >= 0.3 is 0 Å². The number of fused-ring (bicyclic) bond motifs is 4. The van der Waals surface area contributed by atoms with Crippen LogP contribution in [0.15, 0.2) is 164 Å². The van der Waals surface area contributed by atoms with Gasteiger partial charge in [-0.15, -0.1) is 0 Å². The van der Waals surface area contributed by atoms with E-state index in [0.29, 0.717) is 6.67 Å². The second-order valence-corrected chi connectivity index (χ2v) is 15.8. The van der Waals surface area contributed by atoms with Gasteiger partial charge in [-0.1, -0.05) is 113 Å². The molecular formula is C49H44N4O. The summed E-state index contributed by atoms with van der Waals surface area (Å²) >= 11 is 0. The Morgan fingerprint density at radius 2 is 1.13 bits per heavy atom. The zero-order valence-electron chi connectivity index (χ0n) is 31.5. The molecule has 266 valence electrons. The first-order chi connectivity index (χ1) is 26.1. The number of nitrogens with zero attached hydrogens (tertiary/aromatic N) is 4. The molecule has 0 spiro atoms. The van der Waals surface area contributed by atoms with Crippen LogP contribution < -0.4 is 14.5 Å². The van der Waals surface area contributed by atoms with E-state index < -0.39 is 0 Å². The van der Waals surface area contributed by atoms with Gasteiger partial charge in [0.1, 0.15) is 24.0 Å². The highest BCUT2D eigenvalue weighted by Gasteiger charge is 2.30. The van der Waals surface area contributed by atoms with Crippen LogP contribution >= 0.6 is 0 Å². The van der Waals surface area contributed by atoms with Crippen LogP contribution in [0, 0.1) is 0 Å². The van der Waals surface area contributed by atoms with Crippen molar-refractivity contribution in [1.82, 2.24) is 9.55 Å². The van der Waals surface area contributed by atoms with E-state index in [1.54, 1.807) is 0 Å². The van der Waals surface area contributed by atoms with Crippen molar-refractivity contribution < 1.29 is 4.74 Å². The van der Waals surface area contributed by atoms with Gasteiger partial charge < -0.3 is 14.5 Å². The third-order valence-corrected chi connectivity index (χ3v) is 11.0. The molecule has 0 aliphatic carbocycles. The number of hydrogen-bond acceptors (Lipinski definition) is 4. The summed E-state index contributed by atoms with van der Waals surface area (Å²) in [5.74, 6) is 2.46. The molecule has 0 amide bonds. The van der Waals surface area contributed by atoms with Crippen LogP contribution in [0.1, 0.15) is 51.3 Å². The van der Waals surface area contributed by atoms with E-state index in [-0.39, 0.29) is 10.8 Å². The molecule has 8 aromatic rings. The first-order valence-corrected chi connectivity index (χ1v) is 18.7. The van der Waals surface area contributed by atoms with E-state index in [1.807, 2.05) is 12.3 Å². The number of aromatic nitrogens is 2. The Bertz CT molecular complexity index is 2650. The molecular weight excluding hydrogens is 661 g/mol. The third kappa shape index (κ3) is 5.86. The van der Waals surface area contributed by atoms with Crippen molar-refractivity contribution >= 4 is 44.6 Å². The van der Waals surface area contributed by atoms with Crippen LogP contribution in [0.25, 0.3) is 27.6 Å². The Morgan fingerprint density at radius 3 is 1.89 bits per heavy atom. The molecule has 1 aliphatic rings. The van der Waals surface area contributed by atoms with Gasteiger partial charge in [-0.3, -0.25) is 4.57 Å². The highest BCUT2D eigenvalue weighted by Crippen LogP contribution is 2.46. The summed E-state index contributed by atoms with van der Waals surface area (Å²) in [6, 6.07) is 56.1. The van der Waals surface area contributed by atoms with E-state index in [2.05, 4.69) is 201 Å². The van der Waals surface area contributed by atoms with Crippen LogP contribution in [0.2, 0.25) is 0 Å². The van der Waals surface area contributed by atoms with Crippen LogP contribution in [0.4, 0.5) is 22.7 Å². The summed E-state index contributed by atoms with van der Waals surface area (Å²) in [5, 5.41) is 2.36. The van der Waals surface area contributed by atoms with E-state index >= 15 is 0 Å². The number of para-hydroxylation sites is 3. The van der Waals surface area contributed by atoms with Gasteiger partial charge in [-0.25, -0.2) is 4.98 Å². The number of hydrogen-bond donors (Lipinski definition) is 0. The van der Waals surface area contributed by atoms with Crippen molar-refractivity contribution in [2.45, 2.75) is 45.4 Å². The molecule has 2 aromatic heterocycles. The molecule has 0 bridgehead atoms. The SMILES string of the molecule is CC(C)(C)c1ccnc(-n2c3ccccc3c3ccc(Oc4cccc(N5CN(c6cccc(C(C)(C)c7ccccc7)c6)c6ccccc65)c4)cc32)c1. The van der Waals surface area contributed by atoms with Gasteiger partial charge in [0, 0.05) is 45.9 Å². The van der Waals surface area contributed by atoms with Crippen molar-refractivity contribution in [2.24, 2.45) is 0 Å². The van der Waals surface area contributed by atoms with Crippen LogP contribution in [0.3, 0.4) is 0 Å². The monoisotopic (exact) mass is 704 g/mol. The average Bonchev–Trinajstić information content (AvgIpc) is 3.74. The molecule has 54 heavy (non-hydrogen) atoms. The Labute approximate surface area is 317 Å². The lowest BCUT2D eigenvalue weighted by atomic mass is 9.78. The Balaban J connectivity index is 1.04. The van der Waals surface area contributed by atoms with Crippen molar-refractivity contribution in [3.05, 3.63) is 181 Å². The minimum Gasteiger partial charge on any atom is -0.457 e. The predicted octanol–water partition coefficient (Wildman–Crippen LogP) is 12.8. The predicted molar refractivity (Wildman–Crippen MR) is 224 cm³/mol. The topological polar surface area (TPSA) is 33.5 Å². The largest absolute Gasteiger partial charge is 0.457 e. The smallest absolute Gasteiger partial charge is 0.137 e. The van der Waals surface area contributed by atoms with E-state index in [4.69, 9.17) is 9.72 Å². The first kappa shape index (κ1) is 33.5. The molecule has 9 rings (SSSR count).